The predicted molar refractivity (Wildman–Crippen MR) is 150 cm³/mol. The lowest BCUT2D eigenvalue weighted by atomic mass is 10.1. The Bertz CT molecular complexity index is 1530. The second-order valence-electron chi connectivity index (χ2n) is 9.85. The van der Waals surface area contributed by atoms with Gasteiger partial charge in [-0.25, -0.2) is 13.3 Å². The van der Waals surface area contributed by atoms with Crippen molar-refractivity contribution in [1.82, 2.24) is 4.90 Å². The average molecular weight is 590 g/mol. The lowest BCUT2D eigenvalue weighted by molar-refractivity contribution is -0.137. The Kier molecular flexibility index (Phi) is 9.81. The van der Waals surface area contributed by atoms with E-state index in [0.29, 0.717) is 29.5 Å². The van der Waals surface area contributed by atoms with Gasteiger partial charge in [0.05, 0.1) is 29.4 Å². The van der Waals surface area contributed by atoms with Crippen LogP contribution in [0.3, 0.4) is 0 Å². The summed E-state index contributed by atoms with van der Waals surface area (Å²) in [6.07, 6.45) is -4.02. The van der Waals surface area contributed by atoms with Gasteiger partial charge in [0.1, 0.15) is 5.75 Å². The molecule has 0 saturated carbocycles. The molecule has 2 N–H and O–H groups in total. The predicted octanol–water partition coefficient (Wildman–Crippen LogP) is 5.42. The molecule has 0 spiro atoms. The van der Waals surface area contributed by atoms with E-state index in [2.05, 4.69) is 10.2 Å². The van der Waals surface area contributed by atoms with Gasteiger partial charge in [0.2, 0.25) is 0 Å². The number of carbonyl (C=O) groups is 1. The average Bonchev–Trinajstić information content (AvgIpc) is 2.90. The lowest BCUT2D eigenvalue weighted by Gasteiger charge is -2.23. The number of hydrogen-bond donors (Lipinski definition) is 2. The van der Waals surface area contributed by atoms with Crippen molar-refractivity contribution in [3.63, 3.8) is 0 Å². The van der Waals surface area contributed by atoms with Crippen LogP contribution in [0.25, 0.3) is 16.0 Å². The van der Waals surface area contributed by atoms with E-state index in [-0.39, 0.29) is 10.6 Å². The fraction of sp³-hybridized carbons (Fsp3) is 0.310. The number of aliphatic hydroxyl groups is 1. The number of benzene rings is 3. The van der Waals surface area contributed by atoms with Gasteiger partial charge in [0, 0.05) is 17.8 Å². The number of anilines is 1. The molecule has 0 aliphatic heterocycles. The van der Waals surface area contributed by atoms with Crippen LogP contribution in [0.1, 0.15) is 18.9 Å². The SMILES string of the molecule is [C-]#[N+]c1ccc(NC(=O)C(C)(O)CS(=O)(=O)c2ccccc2-c2ccc(OCCCN(C)C)cc2)cc1C(F)(F)F. The molecule has 0 aliphatic carbocycles. The number of amides is 1. The molecule has 0 radical (unpaired) electrons. The summed E-state index contributed by atoms with van der Waals surface area (Å²) in [5.74, 6) is -1.65. The maximum absolute atomic E-state index is 13.4. The molecule has 1 unspecified atom stereocenters. The number of nitrogens with one attached hydrogen (secondary N) is 1. The third-order valence-corrected chi connectivity index (χ3v) is 8.01. The number of sulfone groups is 1. The molecule has 8 nitrogen and oxygen atoms in total. The standard InChI is InChI=1S/C29H30F3N3O5S/c1-28(37,27(36)34-21-12-15-25(33-2)24(18-21)29(30,31)32)19-41(38,39)26-9-6-5-8-23(26)20-10-13-22(14-11-20)40-17-7-16-35(3)4/h5-6,8-15,18,37H,7,16-17,19H2,1,3-4H3,(H,34,36). The highest BCUT2D eigenvalue weighted by Crippen LogP contribution is 2.38. The van der Waals surface area contributed by atoms with Gasteiger partial charge in [-0.3, -0.25) is 4.79 Å². The van der Waals surface area contributed by atoms with Gasteiger partial charge in [0.15, 0.2) is 21.1 Å². The largest absolute Gasteiger partial charge is 0.494 e. The molecule has 1 amide bonds. The van der Waals surface area contributed by atoms with E-state index in [1.165, 1.54) is 12.1 Å². The maximum atomic E-state index is 13.4. The van der Waals surface area contributed by atoms with Gasteiger partial charge in [-0.05, 0) is 63.3 Å². The summed E-state index contributed by atoms with van der Waals surface area (Å²) in [4.78, 5) is 17.6. The monoisotopic (exact) mass is 589 g/mol. The number of ether oxygens (including phenoxy) is 1. The summed E-state index contributed by atoms with van der Waals surface area (Å²) in [5, 5.41) is 13.0. The van der Waals surface area contributed by atoms with E-state index < -0.39 is 44.5 Å². The van der Waals surface area contributed by atoms with Crippen LogP contribution in [0.4, 0.5) is 24.5 Å². The summed E-state index contributed by atoms with van der Waals surface area (Å²) < 4.78 is 72.5. The van der Waals surface area contributed by atoms with Crippen LogP contribution in [0.2, 0.25) is 0 Å². The first-order chi connectivity index (χ1) is 19.1. The third-order valence-electron chi connectivity index (χ3n) is 6.05. The molecule has 0 aliphatic rings. The van der Waals surface area contributed by atoms with Crippen LogP contribution in [-0.4, -0.2) is 62.9 Å². The molecular formula is C29H30F3N3O5S. The normalized spacial score (nSPS) is 13.3. The van der Waals surface area contributed by atoms with Gasteiger partial charge < -0.3 is 20.1 Å². The minimum Gasteiger partial charge on any atom is -0.494 e. The van der Waals surface area contributed by atoms with Crippen LogP contribution in [0.15, 0.2) is 71.6 Å². The Balaban J connectivity index is 1.79. The Morgan fingerprint density at radius 3 is 2.34 bits per heavy atom. The van der Waals surface area contributed by atoms with Crippen LogP contribution in [0, 0.1) is 6.57 Å². The summed E-state index contributed by atoms with van der Waals surface area (Å²) in [6.45, 7) is 9.26. The number of hydrogen-bond acceptors (Lipinski definition) is 6. The zero-order chi connectivity index (χ0) is 30.4. The van der Waals surface area contributed by atoms with Gasteiger partial charge in [-0.2, -0.15) is 13.2 Å². The fourth-order valence-electron chi connectivity index (χ4n) is 4.00. The Hall–Kier alpha value is -3.92. The van der Waals surface area contributed by atoms with E-state index in [1.54, 1.807) is 36.4 Å². The summed E-state index contributed by atoms with van der Waals surface area (Å²) in [5.41, 5.74) is -3.88. The van der Waals surface area contributed by atoms with Crippen molar-refractivity contribution in [2.24, 2.45) is 0 Å². The first-order valence-electron chi connectivity index (χ1n) is 12.5. The first kappa shape index (κ1) is 31.6. The molecule has 3 aromatic carbocycles. The summed E-state index contributed by atoms with van der Waals surface area (Å²) in [6, 6.07) is 15.4. The van der Waals surface area contributed by atoms with Crippen molar-refractivity contribution in [2.45, 2.75) is 30.0 Å². The van der Waals surface area contributed by atoms with E-state index in [1.807, 2.05) is 19.0 Å². The lowest BCUT2D eigenvalue weighted by Crippen LogP contribution is -2.45. The number of rotatable bonds is 11. The second-order valence-corrected chi connectivity index (χ2v) is 11.8. The molecule has 0 aromatic heterocycles. The third kappa shape index (κ3) is 8.29. The Morgan fingerprint density at radius 2 is 1.73 bits per heavy atom. The molecule has 0 bridgehead atoms. The van der Waals surface area contributed by atoms with Crippen molar-refractivity contribution in [3.05, 3.63) is 83.7 Å². The van der Waals surface area contributed by atoms with Crippen molar-refractivity contribution >= 4 is 27.1 Å². The van der Waals surface area contributed by atoms with E-state index in [4.69, 9.17) is 11.3 Å². The Morgan fingerprint density at radius 1 is 1.07 bits per heavy atom. The molecular weight excluding hydrogens is 559 g/mol. The summed E-state index contributed by atoms with van der Waals surface area (Å²) >= 11 is 0. The molecule has 12 heteroatoms. The van der Waals surface area contributed by atoms with Gasteiger partial charge in [-0.1, -0.05) is 36.4 Å². The van der Waals surface area contributed by atoms with Crippen molar-refractivity contribution in [3.8, 4) is 16.9 Å². The second kappa shape index (κ2) is 12.7. The van der Waals surface area contributed by atoms with Gasteiger partial charge in [-0.15, -0.1) is 0 Å². The number of alkyl halides is 3. The molecule has 3 rings (SSSR count). The van der Waals surface area contributed by atoms with Crippen LogP contribution < -0.4 is 10.1 Å². The number of nitrogens with zero attached hydrogens (tertiary/aromatic N) is 2. The molecule has 0 heterocycles. The van der Waals surface area contributed by atoms with Crippen LogP contribution in [-0.2, 0) is 20.8 Å². The highest BCUT2D eigenvalue weighted by Gasteiger charge is 2.38. The van der Waals surface area contributed by atoms with Gasteiger partial charge in [0.25, 0.3) is 5.91 Å². The van der Waals surface area contributed by atoms with E-state index in [0.717, 1.165) is 32.0 Å². The highest BCUT2D eigenvalue weighted by atomic mass is 32.2. The zero-order valence-corrected chi connectivity index (χ0v) is 23.5. The number of carbonyl (C=O) groups excluding carboxylic acids is 1. The van der Waals surface area contributed by atoms with E-state index in [9.17, 15) is 31.5 Å². The van der Waals surface area contributed by atoms with Crippen molar-refractivity contribution < 1.29 is 36.2 Å². The summed E-state index contributed by atoms with van der Waals surface area (Å²) in [7, 11) is -0.343. The van der Waals surface area contributed by atoms with Crippen LogP contribution >= 0.6 is 0 Å². The molecule has 3 aromatic rings. The molecule has 1 atom stereocenters. The minimum absolute atomic E-state index is 0.131. The number of halogens is 3. The first-order valence-corrected chi connectivity index (χ1v) is 14.1. The minimum atomic E-state index is -4.85. The van der Waals surface area contributed by atoms with Crippen LogP contribution in [0.5, 0.6) is 5.75 Å². The maximum Gasteiger partial charge on any atom is 0.407 e. The smallest absolute Gasteiger partial charge is 0.407 e. The topological polar surface area (TPSA) is 100 Å². The Labute approximate surface area is 237 Å². The molecule has 0 fully saturated rings. The van der Waals surface area contributed by atoms with E-state index >= 15 is 0 Å². The molecule has 41 heavy (non-hydrogen) atoms. The quantitative estimate of drug-likeness (QED) is 0.229. The van der Waals surface area contributed by atoms with Crippen molar-refractivity contribution in [1.29, 1.82) is 0 Å². The van der Waals surface area contributed by atoms with Gasteiger partial charge >= 0.3 is 6.18 Å². The van der Waals surface area contributed by atoms with Crippen molar-refractivity contribution in [2.75, 3.05) is 38.3 Å². The highest BCUT2D eigenvalue weighted by molar-refractivity contribution is 7.91. The molecule has 218 valence electrons. The molecule has 0 saturated heterocycles. The zero-order valence-electron chi connectivity index (χ0n) is 22.7. The fourth-order valence-corrected chi connectivity index (χ4v) is 5.83.